The molecule has 1 aliphatic carbocycles. The fraction of sp³-hybridized carbons (Fsp3) is 0.333. The molecule has 1 unspecified atom stereocenters. The number of H-pyrrole nitrogens is 1. The Morgan fingerprint density at radius 3 is 2.56 bits per heavy atom. The number of piperidine rings is 1. The number of alkyl halides is 3. The summed E-state index contributed by atoms with van der Waals surface area (Å²) in [5.41, 5.74) is 0.239. The number of nitrogens with zero attached hydrogens (tertiary/aromatic N) is 6. The van der Waals surface area contributed by atoms with Gasteiger partial charge in [0.2, 0.25) is 11.9 Å². The molecule has 3 aromatic heterocycles. The number of benzene rings is 1. The molecule has 8 nitrogen and oxygen atoms in total. The Balaban J connectivity index is 1.21. The first-order chi connectivity index (χ1) is 17.1. The molecule has 4 aromatic rings. The van der Waals surface area contributed by atoms with Crippen LogP contribution in [0.1, 0.15) is 5.56 Å². The van der Waals surface area contributed by atoms with Crippen LogP contribution in [-0.2, 0) is 13.2 Å². The molecule has 1 aliphatic heterocycles. The molecule has 186 valence electrons. The molecule has 4 heterocycles. The highest BCUT2D eigenvalue weighted by Crippen LogP contribution is 2.50. The summed E-state index contributed by atoms with van der Waals surface area (Å²) in [6, 6.07) is 6.39. The molecule has 36 heavy (non-hydrogen) atoms. The lowest BCUT2D eigenvalue weighted by Gasteiger charge is -2.26. The molecule has 1 aromatic carbocycles. The maximum atomic E-state index is 14.3. The number of aromatic amines is 1. The monoisotopic (exact) mass is 499 g/mol. The minimum atomic E-state index is -4.42. The highest BCUT2D eigenvalue weighted by Gasteiger charge is 2.58. The van der Waals surface area contributed by atoms with Crippen molar-refractivity contribution in [2.24, 2.45) is 18.9 Å². The van der Waals surface area contributed by atoms with Gasteiger partial charge in [-0.15, -0.1) is 0 Å². The first-order valence-electron chi connectivity index (χ1n) is 11.3. The van der Waals surface area contributed by atoms with Crippen LogP contribution in [0.4, 0.5) is 29.5 Å². The van der Waals surface area contributed by atoms with Gasteiger partial charge in [-0.25, -0.2) is 14.4 Å². The first-order valence-corrected chi connectivity index (χ1v) is 11.3. The van der Waals surface area contributed by atoms with Crippen molar-refractivity contribution in [2.45, 2.75) is 12.2 Å². The molecule has 3 atom stereocenters. The first kappa shape index (κ1) is 22.5. The smallest absolute Gasteiger partial charge is 0.342 e. The average molecular weight is 499 g/mol. The fourth-order valence-electron chi connectivity index (χ4n) is 5.26. The van der Waals surface area contributed by atoms with Crippen molar-refractivity contribution in [1.82, 2.24) is 24.5 Å². The second-order valence-corrected chi connectivity index (χ2v) is 9.32. The van der Waals surface area contributed by atoms with E-state index >= 15 is 0 Å². The van der Waals surface area contributed by atoms with Crippen molar-refractivity contribution in [2.75, 3.05) is 29.9 Å². The summed E-state index contributed by atoms with van der Waals surface area (Å²) < 4.78 is 54.8. The number of fused-ring (bicyclic) bond motifs is 2. The van der Waals surface area contributed by atoms with Crippen molar-refractivity contribution in [3.63, 3.8) is 0 Å². The Bertz CT molecular complexity index is 1530. The Labute approximate surface area is 202 Å². The third kappa shape index (κ3) is 3.59. The normalized spacial score (nSPS) is 21.2. The van der Waals surface area contributed by atoms with E-state index in [0.29, 0.717) is 30.5 Å². The van der Waals surface area contributed by atoms with E-state index in [1.807, 2.05) is 16.8 Å². The minimum absolute atomic E-state index is 0.123. The van der Waals surface area contributed by atoms with Crippen molar-refractivity contribution in [1.29, 1.82) is 0 Å². The van der Waals surface area contributed by atoms with Gasteiger partial charge in [-0.2, -0.15) is 13.2 Å². The quantitative estimate of drug-likeness (QED) is 0.433. The van der Waals surface area contributed by atoms with E-state index in [4.69, 9.17) is 0 Å². The highest BCUT2D eigenvalue weighted by atomic mass is 19.4. The summed E-state index contributed by atoms with van der Waals surface area (Å²) in [6.07, 6.45) is -1.89. The van der Waals surface area contributed by atoms with Gasteiger partial charge in [-0.1, -0.05) is 0 Å². The van der Waals surface area contributed by atoms with Crippen LogP contribution in [0.5, 0.6) is 0 Å². The number of pyridine rings is 1. The van der Waals surface area contributed by atoms with Crippen LogP contribution >= 0.6 is 0 Å². The Hall–Kier alpha value is -3.96. The molecule has 0 bridgehead atoms. The van der Waals surface area contributed by atoms with Crippen LogP contribution in [0.15, 0.2) is 47.5 Å². The zero-order valence-corrected chi connectivity index (χ0v) is 19.3. The van der Waals surface area contributed by atoms with Crippen molar-refractivity contribution < 1.29 is 17.6 Å². The van der Waals surface area contributed by atoms with Crippen molar-refractivity contribution in [3.05, 3.63) is 64.5 Å². The summed E-state index contributed by atoms with van der Waals surface area (Å²) in [5.74, 6) is 0.958. The number of nitrogens with one attached hydrogen (secondary N) is 1. The number of aromatic nitrogens is 5. The summed E-state index contributed by atoms with van der Waals surface area (Å²) in [6.45, 7) is 1.33. The SMILES string of the molecule is CN(c1nc(-c2ccncc2F)cc(=O)n1C)C1[C@H]2CN(c3nc4cc(C(F)(F)F)ccc4[nH]3)C[C@@H]12. The third-order valence-corrected chi connectivity index (χ3v) is 7.17. The summed E-state index contributed by atoms with van der Waals surface area (Å²) in [4.78, 5) is 32.4. The van der Waals surface area contributed by atoms with Gasteiger partial charge in [0.05, 0.1) is 28.5 Å². The van der Waals surface area contributed by atoms with E-state index in [9.17, 15) is 22.4 Å². The van der Waals surface area contributed by atoms with Crippen LogP contribution in [0.2, 0.25) is 0 Å². The number of rotatable bonds is 4. The summed E-state index contributed by atoms with van der Waals surface area (Å²) >= 11 is 0. The number of hydrogen-bond donors (Lipinski definition) is 1. The maximum Gasteiger partial charge on any atom is 0.416 e. The van der Waals surface area contributed by atoms with Crippen LogP contribution in [0.25, 0.3) is 22.3 Å². The largest absolute Gasteiger partial charge is 0.416 e. The molecule has 1 saturated carbocycles. The Morgan fingerprint density at radius 1 is 1.11 bits per heavy atom. The van der Waals surface area contributed by atoms with E-state index in [0.717, 1.165) is 18.3 Å². The van der Waals surface area contributed by atoms with Gasteiger partial charge in [0.1, 0.15) is 0 Å². The lowest BCUT2D eigenvalue weighted by Crippen LogP contribution is -2.36. The number of anilines is 2. The zero-order valence-electron chi connectivity index (χ0n) is 19.3. The molecular weight excluding hydrogens is 478 g/mol. The van der Waals surface area contributed by atoms with E-state index in [-0.39, 0.29) is 40.2 Å². The molecule has 0 radical (unpaired) electrons. The zero-order chi connectivity index (χ0) is 25.4. The van der Waals surface area contributed by atoms with Gasteiger partial charge in [0.25, 0.3) is 5.56 Å². The van der Waals surface area contributed by atoms with Crippen LogP contribution in [-0.4, -0.2) is 50.7 Å². The van der Waals surface area contributed by atoms with Crippen LogP contribution < -0.4 is 15.4 Å². The second-order valence-electron chi connectivity index (χ2n) is 9.32. The highest BCUT2D eigenvalue weighted by molar-refractivity contribution is 5.78. The molecule has 2 aliphatic rings. The van der Waals surface area contributed by atoms with Crippen molar-refractivity contribution in [3.8, 4) is 11.3 Å². The van der Waals surface area contributed by atoms with Gasteiger partial charge in [0, 0.05) is 62.9 Å². The maximum absolute atomic E-state index is 14.3. The van der Waals surface area contributed by atoms with E-state index in [1.54, 1.807) is 7.05 Å². The summed E-state index contributed by atoms with van der Waals surface area (Å²) in [7, 11) is 3.49. The molecule has 2 fully saturated rings. The third-order valence-electron chi connectivity index (χ3n) is 7.17. The van der Waals surface area contributed by atoms with Crippen molar-refractivity contribution >= 4 is 22.9 Å². The molecule has 12 heteroatoms. The number of halogens is 4. The van der Waals surface area contributed by atoms with E-state index < -0.39 is 17.6 Å². The van der Waals surface area contributed by atoms with Gasteiger partial charge in [-0.05, 0) is 24.3 Å². The van der Waals surface area contributed by atoms with Gasteiger partial charge >= 0.3 is 6.18 Å². The predicted molar refractivity (Wildman–Crippen MR) is 125 cm³/mol. The summed E-state index contributed by atoms with van der Waals surface area (Å²) in [5, 5.41) is 0. The fourth-order valence-corrected chi connectivity index (χ4v) is 5.26. The van der Waals surface area contributed by atoms with Crippen LogP contribution in [0, 0.1) is 17.7 Å². The topological polar surface area (TPSA) is 82.9 Å². The lowest BCUT2D eigenvalue weighted by molar-refractivity contribution is -0.137. The molecule has 0 amide bonds. The lowest BCUT2D eigenvalue weighted by atomic mass is 10.2. The minimum Gasteiger partial charge on any atom is -0.342 e. The molecule has 6 rings (SSSR count). The van der Waals surface area contributed by atoms with E-state index in [1.165, 1.54) is 29.0 Å². The average Bonchev–Trinajstić information content (AvgIpc) is 3.17. The Morgan fingerprint density at radius 2 is 1.86 bits per heavy atom. The molecule has 1 N–H and O–H groups in total. The van der Waals surface area contributed by atoms with Crippen LogP contribution in [0.3, 0.4) is 0 Å². The number of hydrogen-bond acceptors (Lipinski definition) is 6. The van der Waals surface area contributed by atoms with Gasteiger partial charge < -0.3 is 14.8 Å². The van der Waals surface area contributed by atoms with Gasteiger partial charge in [0.15, 0.2) is 5.82 Å². The number of imidazole rings is 1. The predicted octanol–water partition coefficient (Wildman–Crippen LogP) is 3.45. The standard InChI is InChI=1S/C24H21F4N7O/c1-33-20(36)8-18(13-5-6-29-9-16(13)25)32-23(33)34(2)21-14-10-35(11-15(14)21)22-30-17-4-3-12(24(26,27)28)7-19(17)31-22/h3-9,14-15,21H,10-11H2,1-2H3,(H,30,31)/t14-,15+,21?. The molecular formula is C24H21F4N7O. The Kier molecular flexibility index (Phi) is 4.86. The second kappa shape index (κ2) is 7.77. The van der Waals surface area contributed by atoms with E-state index in [2.05, 4.69) is 19.9 Å². The molecule has 0 spiro atoms. The van der Waals surface area contributed by atoms with Gasteiger partial charge in [-0.3, -0.25) is 14.3 Å². The molecule has 1 saturated heterocycles.